The monoisotopic (exact) mass is 449 g/mol. The van der Waals surface area contributed by atoms with Crippen molar-refractivity contribution in [1.29, 1.82) is 0 Å². The Morgan fingerprint density at radius 3 is 2.50 bits per heavy atom. The molecule has 1 saturated heterocycles. The Kier molecular flexibility index (Phi) is 6.88. The fourth-order valence-corrected chi connectivity index (χ4v) is 4.18. The molecule has 0 amide bonds. The highest BCUT2D eigenvalue weighted by Gasteiger charge is 2.12. The Morgan fingerprint density at radius 1 is 1.12 bits per heavy atom. The van der Waals surface area contributed by atoms with Crippen LogP contribution in [-0.2, 0) is 4.74 Å². The fraction of sp³-hybridized carbons (Fsp3) is 0.217. The Hall–Kier alpha value is -3.56. The molecule has 8 nitrogen and oxygen atoms in total. The Balaban J connectivity index is 1.62. The van der Waals surface area contributed by atoms with Crippen LogP contribution in [0.15, 0.2) is 76.7 Å². The van der Waals surface area contributed by atoms with Crippen LogP contribution in [0.3, 0.4) is 0 Å². The second-order valence-electron chi connectivity index (χ2n) is 7.08. The molecule has 164 valence electrons. The van der Waals surface area contributed by atoms with Crippen LogP contribution >= 0.6 is 11.3 Å². The number of nitro benzene ring substituents is 1. The normalized spacial score (nSPS) is 14.8. The van der Waals surface area contributed by atoms with Crippen LogP contribution in [0.5, 0.6) is 0 Å². The van der Waals surface area contributed by atoms with E-state index >= 15 is 0 Å². The fourth-order valence-electron chi connectivity index (χ4n) is 3.33. The molecule has 1 aliphatic rings. The summed E-state index contributed by atoms with van der Waals surface area (Å²) in [5.74, 6) is 0. The number of hydrogen-bond acceptors (Lipinski definition) is 7. The summed E-state index contributed by atoms with van der Waals surface area (Å²) in [7, 11) is 0. The van der Waals surface area contributed by atoms with E-state index in [1.54, 1.807) is 29.1 Å². The first kappa shape index (κ1) is 21.7. The quantitative estimate of drug-likeness (QED) is 0.237. The molecule has 2 heterocycles. The molecule has 0 aliphatic carbocycles. The minimum atomic E-state index is -0.408. The van der Waals surface area contributed by atoms with Gasteiger partial charge in [-0.15, -0.1) is 17.9 Å². The van der Waals surface area contributed by atoms with Gasteiger partial charge in [0, 0.05) is 41.9 Å². The zero-order chi connectivity index (χ0) is 22.3. The van der Waals surface area contributed by atoms with Gasteiger partial charge in [0.2, 0.25) is 4.80 Å². The number of benzene rings is 2. The maximum Gasteiger partial charge on any atom is 0.269 e. The number of nitrogens with zero attached hydrogens (tertiary/aromatic N) is 5. The van der Waals surface area contributed by atoms with Gasteiger partial charge in [0.25, 0.3) is 5.69 Å². The van der Waals surface area contributed by atoms with Crippen LogP contribution < -0.4 is 9.70 Å². The number of aromatic nitrogens is 1. The van der Waals surface area contributed by atoms with E-state index in [1.807, 2.05) is 17.5 Å². The Morgan fingerprint density at radius 2 is 1.84 bits per heavy atom. The van der Waals surface area contributed by atoms with Crippen LogP contribution in [0.1, 0.15) is 5.56 Å². The summed E-state index contributed by atoms with van der Waals surface area (Å²) in [5, 5.41) is 17.6. The highest BCUT2D eigenvalue weighted by atomic mass is 32.1. The molecule has 0 N–H and O–H groups in total. The summed E-state index contributed by atoms with van der Waals surface area (Å²) in [4.78, 5) is 18.1. The highest BCUT2D eigenvalue weighted by molar-refractivity contribution is 7.07. The van der Waals surface area contributed by atoms with Gasteiger partial charge in [0.15, 0.2) is 0 Å². The summed E-state index contributed by atoms with van der Waals surface area (Å²) in [6, 6.07) is 14.7. The molecule has 32 heavy (non-hydrogen) atoms. The Bertz CT molecular complexity index is 1170. The molecule has 4 rings (SSSR count). The first-order chi connectivity index (χ1) is 15.7. The lowest BCUT2D eigenvalue weighted by Crippen LogP contribution is -2.36. The average molecular weight is 450 g/mol. The van der Waals surface area contributed by atoms with Crippen LogP contribution in [-0.4, -0.2) is 48.7 Å². The van der Waals surface area contributed by atoms with Gasteiger partial charge in [-0.25, -0.2) is 4.68 Å². The molecule has 1 aromatic heterocycles. The number of hydrogen-bond donors (Lipinski definition) is 0. The number of rotatable bonds is 7. The predicted octanol–water partition coefficient (Wildman–Crippen LogP) is 3.93. The number of ether oxygens (including phenoxy) is 1. The first-order valence-electron chi connectivity index (χ1n) is 10.2. The van der Waals surface area contributed by atoms with E-state index in [-0.39, 0.29) is 5.69 Å². The third-order valence-electron chi connectivity index (χ3n) is 5.01. The van der Waals surface area contributed by atoms with Crippen molar-refractivity contribution < 1.29 is 9.66 Å². The van der Waals surface area contributed by atoms with Crippen molar-refractivity contribution in [3.05, 3.63) is 87.0 Å². The van der Waals surface area contributed by atoms with Crippen molar-refractivity contribution in [3.63, 3.8) is 0 Å². The molecule has 2 aromatic carbocycles. The van der Waals surface area contributed by atoms with Crippen LogP contribution in [0.25, 0.3) is 11.3 Å². The number of nitro groups is 1. The lowest BCUT2D eigenvalue weighted by atomic mass is 10.1. The van der Waals surface area contributed by atoms with Gasteiger partial charge in [-0.05, 0) is 29.8 Å². The lowest BCUT2D eigenvalue weighted by Gasteiger charge is -2.28. The molecular weight excluding hydrogens is 426 g/mol. The summed E-state index contributed by atoms with van der Waals surface area (Å²) >= 11 is 1.46. The predicted molar refractivity (Wildman–Crippen MR) is 127 cm³/mol. The van der Waals surface area contributed by atoms with Crippen molar-refractivity contribution in [2.75, 3.05) is 37.7 Å². The van der Waals surface area contributed by atoms with Gasteiger partial charge < -0.3 is 9.64 Å². The van der Waals surface area contributed by atoms with Crippen LogP contribution in [0, 0.1) is 10.1 Å². The van der Waals surface area contributed by atoms with E-state index in [2.05, 4.69) is 33.7 Å². The zero-order valence-corrected chi connectivity index (χ0v) is 18.3. The SMILES string of the molecule is C=CCN=c1scc(-c2ccc([N+](=O)[O-])cc2)n1N=Cc1ccc(N2CCOCC2)cc1. The van der Waals surface area contributed by atoms with Crippen LogP contribution in [0.2, 0.25) is 0 Å². The zero-order valence-electron chi connectivity index (χ0n) is 17.5. The minimum absolute atomic E-state index is 0.0518. The Labute approximate surface area is 189 Å². The third-order valence-corrected chi connectivity index (χ3v) is 5.86. The van der Waals surface area contributed by atoms with Crippen molar-refractivity contribution in [1.82, 2.24) is 4.68 Å². The number of thiazole rings is 1. The molecule has 9 heteroatoms. The van der Waals surface area contributed by atoms with Gasteiger partial charge >= 0.3 is 0 Å². The summed E-state index contributed by atoms with van der Waals surface area (Å²) in [6.45, 7) is 7.49. The smallest absolute Gasteiger partial charge is 0.269 e. The molecule has 3 aromatic rings. The second kappa shape index (κ2) is 10.2. The highest BCUT2D eigenvalue weighted by Crippen LogP contribution is 2.23. The van der Waals surface area contributed by atoms with Crippen molar-refractivity contribution in [2.24, 2.45) is 10.1 Å². The molecular formula is C23H23N5O3S. The standard InChI is InChI=1S/C23H23N5O3S/c1-2-11-24-23-27(22(17-32-23)19-5-9-21(10-6-19)28(29)30)25-16-18-3-7-20(8-4-18)26-12-14-31-15-13-26/h2-10,16-17H,1,11-15H2. The minimum Gasteiger partial charge on any atom is -0.378 e. The lowest BCUT2D eigenvalue weighted by molar-refractivity contribution is -0.384. The maximum atomic E-state index is 11.0. The third kappa shape index (κ3) is 5.01. The van der Waals surface area contributed by atoms with Gasteiger partial charge in [0.1, 0.15) is 0 Å². The van der Waals surface area contributed by atoms with E-state index in [0.29, 0.717) is 6.54 Å². The van der Waals surface area contributed by atoms with Gasteiger partial charge in [-0.3, -0.25) is 15.1 Å². The van der Waals surface area contributed by atoms with Gasteiger partial charge in [-0.1, -0.05) is 18.2 Å². The number of morpholine rings is 1. The van der Waals surface area contributed by atoms with E-state index in [0.717, 1.165) is 47.9 Å². The number of non-ortho nitro benzene ring substituents is 1. The van der Waals surface area contributed by atoms with E-state index in [1.165, 1.54) is 29.2 Å². The van der Waals surface area contributed by atoms with Crippen LogP contribution in [0.4, 0.5) is 11.4 Å². The molecule has 0 radical (unpaired) electrons. The average Bonchev–Trinajstić information content (AvgIpc) is 3.25. The van der Waals surface area contributed by atoms with Crippen molar-refractivity contribution in [3.8, 4) is 11.3 Å². The van der Waals surface area contributed by atoms with Gasteiger partial charge in [0.05, 0.1) is 36.6 Å². The van der Waals surface area contributed by atoms with E-state index < -0.39 is 4.92 Å². The molecule has 0 bridgehead atoms. The summed E-state index contributed by atoms with van der Waals surface area (Å²) < 4.78 is 7.17. The summed E-state index contributed by atoms with van der Waals surface area (Å²) in [6.07, 6.45) is 3.52. The largest absolute Gasteiger partial charge is 0.378 e. The van der Waals surface area contributed by atoms with Gasteiger partial charge in [-0.2, -0.15) is 5.10 Å². The molecule has 0 unspecified atom stereocenters. The molecule has 1 fully saturated rings. The number of anilines is 1. The van der Waals surface area contributed by atoms with Crippen molar-refractivity contribution in [2.45, 2.75) is 0 Å². The first-order valence-corrected chi connectivity index (χ1v) is 11.1. The molecule has 1 aliphatic heterocycles. The summed E-state index contributed by atoms with van der Waals surface area (Å²) in [5.41, 5.74) is 3.82. The van der Waals surface area contributed by atoms with E-state index in [9.17, 15) is 10.1 Å². The molecule has 0 saturated carbocycles. The molecule has 0 atom stereocenters. The maximum absolute atomic E-state index is 11.0. The van der Waals surface area contributed by atoms with Crippen molar-refractivity contribution >= 4 is 28.9 Å². The topological polar surface area (TPSA) is 85.3 Å². The van der Waals surface area contributed by atoms with E-state index in [4.69, 9.17) is 4.74 Å². The molecule has 0 spiro atoms. The second-order valence-corrected chi connectivity index (χ2v) is 7.92.